The first-order valence-corrected chi connectivity index (χ1v) is 7.80. The molecule has 1 aliphatic carbocycles. The molecule has 2 aromatic rings. The monoisotopic (exact) mass is 276 g/mol. The molecule has 5 heteroatoms. The first-order chi connectivity index (χ1) is 9.15. The van der Waals surface area contributed by atoms with Crippen molar-refractivity contribution in [3.8, 4) is 0 Å². The fraction of sp³-hybridized carbons (Fsp3) is 0.571. The van der Waals surface area contributed by atoms with Gasteiger partial charge in [-0.1, -0.05) is 26.7 Å². The summed E-state index contributed by atoms with van der Waals surface area (Å²) >= 11 is 1.61. The molecule has 0 radical (unpaired) electrons. The van der Waals surface area contributed by atoms with Crippen LogP contribution in [0.1, 0.15) is 33.1 Å². The molecule has 0 aromatic carbocycles. The minimum absolute atomic E-state index is 0.356. The summed E-state index contributed by atoms with van der Waals surface area (Å²) in [6.45, 7) is 4.67. The van der Waals surface area contributed by atoms with Crippen LogP contribution in [0, 0.1) is 11.8 Å². The number of thiophene rings is 1. The Labute approximate surface area is 117 Å². The molecule has 2 aromatic heterocycles. The van der Waals surface area contributed by atoms with Crippen LogP contribution in [-0.4, -0.2) is 16.0 Å². The Kier molecular flexibility index (Phi) is 3.31. The van der Waals surface area contributed by atoms with Gasteiger partial charge in [-0.25, -0.2) is 4.98 Å². The number of fused-ring (bicyclic) bond motifs is 1. The molecule has 4 nitrogen and oxygen atoms in total. The summed E-state index contributed by atoms with van der Waals surface area (Å²) in [5.41, 5.74) is 5.80. The number of aromatic nitrogens is 2. The molecular weight excluding hydrogens is 256 g/mol. The van der Waals surface area contributed by atoms with Crippen molar-refractivity contribution in [2.24, 2.45) is 11.8 Å². The predicted octanol–water partition coefficient (Wildman–Crippen LogP) is 3.51. The smallest absolute Gasteiger partial charge is 0.223 e. The van der Waals surface area contributed by atoms with Crippen LogP contribution in [0.25, 0.3) is 10.2 Å². The van der Waals surface area contributed by atoms with Gasteiger partial charge in [0, 0.05) is 6.04 Å². The minimum atomic E-state index is 0.356. The van der Waals surface area contributed by atoms with Crippen LogP contribution in [0.5, 0.6) is 0 Å². The van der Waals surface area contributed by atoms with Crippen molar-refractivity contribution in [3.63, 3.8) is 0 Å². The molecule has 2 heterocycles. The molecule has 0 spiro atoms. The van der Waals surface area contributed by atoms with Crippen LogP contribution >= 0.6 is 11.3 Å². The molecule has 1 aliphatic rings. The van der Waals surface area contributed by atoms with Crippen LogP contribution in [0.4, 0.5) is 11.8 Å². The topological polar surface area (TPSA) is 63.8 Å². The third-order valence-corrected chi connectivity index (χ3v) is 5.18. The number of nitrogen functional groups attached to an aromatic ring is 1. The summed E-state index contributed by atoms with van der Waals surface area (Å²) in [6, 6.07) is 2.56. The Hall–Kier alpha value is -1.36. The Morgan fingerprint density at radius 2 is 2.16 bits per heavy atom. The highest BCUT2D eigenvalue weighted by Gasteiger charge is 2.27. The highest BCUT2D eigenvalue weighted by Crippen LogP contribution is 2.33. The van der Waals surface area contributed by atoms with E-state index >= 15 is 0 Å². The van der Waals surface area contributed by atoms with Gasteiger partial charge in [0.1, 0.15) is 10.6 Å². The van der Waals surface area contributed by atoms with Gasteiger partial charge < -0.3 is 11.1 Å². The van der Waals surface area contributed by atoms with Gasteiger partial charge in [-0.3, -0.25) is 0 Å². The molecule has 102 valence electrons. The van der Waals surface area contributed by atoms with E-state index in [1.165, 1.54) is 19.3 Å². The number of rotatable bonds is 2. The van der Waals surface area contributed by atoms with E-state index in [1.54, 1.807) is 11.3 Å². The van der Waals surface area contributed by atoms with Crippen LogP contribution in [0.3, 0.4) is 0 Å². The molecule has 0 bridgehead atoms. The summed E-state index contributed by atoms with van der Waals surface area (Å²) in [4.78, 5) is 9.62. The number of nitrogens with zero attached hydrogens (tertiary/aromatic N) is 2. The van der Waals surface area contributed by atoms with Crippen molar-refractivity contribution in [3.05, 3.63) is 11.4 Å². The minimum Gasteiger partial charge on any atom is -0.368 e. The van der Waals surface area contributed by atoms with Gasteiger partial charge in [-0.15, -0.1) is 11.3 Å². The summed E-state index contributed by atoms with van der Waals surface area (Å²) in [5, 5.41) is 6.73. The fourth-order valence-electron chi connectivity index (χ4n) is 2.94. The van der Waals surface area contributed by atoms with Crippen LogP contribution in [-0.2, 0) is 0 Å². The average Bonchev–Trinajstić information content (AvgIpc) is 2.83. The molecule has 0 aliphatic heterocycles. The zero-order chi connectivity index (χ0) is 13.4. The van der Waals surface area contributed by atoms with Gasteiger partial charge in [0.05, 0.1) is 5.39 Å². The second-order valence-corrected chi connectivity index (χ2v) is 6.48. The van der Waals surface area contributed by atoms with E-state index in [4.69, 9.17) is 5.73 Å². The lowest BCUT2D eigenvalue weighted by Gasteiger charge is -2.35. The second-order valence-electron chi connectivity index (χ2n) is 5.59. The SMILES string of the molecule is CC1CCCC(Nc2nc(N)nc3sccc23)C1C. The molecule has 3 N–H and O–H groups in total. The third kappa shape index (κ3) is 2.39. The van der Waals surface area contributed by atoms with E-state index in [9.17, 15) is 0 Å². The maximum absolute atomic E-state index is 5.80. The van der Waals surface area contributed by atoms with E-state index < -0.39 is 0 Å². The van der Waals surface area contributed by atoms with Crippen molar-refractivity contribution in [2.45, 2.75) is 39.2 Å². The second kappa shape index (κ2) is 4.96. The Bertz CT molecular complexity index is 580. The maximum Gasteiger partial charge on any atom is 0.223 e. The van der Waals surface area contributed by atoms with Gasteiger partial charge in [-0.2, -0.15) is 4.98 Å². The molecule has 3 rings (SSSR count). The van der Waals surface area contributed by atoms with E-state index in [0.29, 0.717) is 17.9 Å². The van der Waals surface area contributed by atoms with Crippen LogP contribution < -0.4 is 11.1 Å². The quantitative estimate of drug-likeness (QED) is 0.881. The summed E-state index contributed by atoms with van der Waals surface area (Å²) in [6.07, 6.45) is 3.83. The first kappa shape index (κ1) is 12.7. The molecule has 1 fully saturated rings. The molecule has 3 unspecified atom stereocenters. The zero-order valence-corrected chi connectivity index (χ0v) is 12.2. The normalized spacial score (nSPS) is 27.6. The Balaban J connectivity index is 1.90. The van der Waals surface area contributed by atoms with Crippen molar-refractivity contribution < 1.29 is 0 Å². The number of hydrogen-bond acceptors (Lipinski definition) is 5. The maximum atomic E-state index is 5.80. The lowest BCUT2D eigenvalue weighted by atomic mass is 9.78. The van der Waals surface area contributed by atoms with Crippen LogP contribution in [0.15, 0.2) is 11.4 Å². The molecule has 19 heavy (non-hydrogen) atoms. The van der Waals surface area contributed by atoms with Crippen LogP contribution in [0.2, 0.25) is 0 Å². The first-order valence-electron chi connectivity index (χ1n) is 6.92. The highest BCUT2D eigenvalue weighted by atomic mass is 32.1. The van der Waals surface area contributed by atoms with Gasteiger partial charge >= 0.3 is 0 Å². The summed E-state index contributed by atoms with van der Waals surface area (Å²) in [5.74, 6) is 2.69. The molecule has 0 amide bonds. The zero-order valence-electron chi connectivity index (χ0n) is 11.4. The van der Waals surface area contributed by atoms with E-state index in [1.807, 2.05) is 5.38 Å². The number of nitrogens with two attached hydrogens (primary N) is 1. The predicted molar refractivity (Wildman–Crippen MR) is 81.4 cm³/mol. The summed E-state index contributed by atoms with van der Waals surface area (Å²) in [7, 11) is 0. The van der Waals surface area contributed by atoms with Crippen molar-refractivity contribution >= 4 is 33.3 Å². The third-order valence-electron chi connectivity index (χ3n) is 4.37. The molecular formula is C14H20N4S. The fourth-order valence-corrected chi connectivity index (χ4v) is 3.71. The van der Waals surface area contributed by atoms with Gasteiger partial charge in [0.25, 0.3) is 0 Å². The Morgan fingerprint density at radius 1 is 1.32 bits per heavy atom. The van der Waals surface area contributed by atoms with Crippen molar-refractivity contribution in [1.82, 2.24) is 9.97 Å². The largest absolute Gasteiger partial charge is 0.368 e. The standard InChI is InChI=1S/C14H20N4S/c1-8-4-3-5-11(9(8)2)16-12-10-6-7-19-13(10)18-14(15)17-12/h6-9,11H,3-5H2,1-2H3,(H3,15,16,17,18). The Morgan fingerprint density at radius 3 is 3.00 bits per heavy atom. The molecule has 3 atom stereocenters. The van der Waals surface area contributed by atoms with Gasteiger partial charge in [0.2, 0.25) is 5.95 Å². The van der Waals surface area contributed by atoms with E-state index in [0.717, 1.165) is 22.0 Å². The van der Waals surface area contributed by atoms with Gasteiger partial charge in [0.15, 0.2) is 0 Å². The lowest BCUT2D eigenvalue weighted by molar-refractivity contribution is 0.253. The van der Waals surface area contributed by atoms with Crippen molar-refractivity contribution in [2.75, 3.05) is 11.1 Å². The van der Waals surface area contributed by atoms with E-state index in [-0.39, 0.29) is 0 Å². The average molecular weight is 276 g/mol. The number of nitrogens with one attached hydrogen (secondary N) is 1. The van der Waals surface area contributed by atoms with Crippen molar-refractivity contribution in [1.29, 1.82) is 0 Å². The number of hydrogen-bond donors (Lipinski definition) is 2. The number of anilines is 2. The van der Waals surface area contributed by atoms with E-state index in [2.05, 4.69) is 35.2 Å². The highest BCUT2D eigenvalue weighted by molar-refractivity contribution is 7.16. The van der Waals surface area contributed by atoms with Gasteiger partial charge in [-0.05, 0) is 29.7 Å². The lowest BCUT2D eigenvalue weighted by Crippen LogP contribution is -2.35. The molecule has 0 saturated heterocycles. The summed E-state index contributed by atoms with van der Waals surface area (Å²) < 4.78 is 0. The molecule has 1 saturated carbocycles.